The summed E-state index contributed by atoms with van der Waals surface area (Å²) in [7, 11) is 0. The average molecular weight is 358 g/mol. The molecule has 0 aromatic heterocycles. The Kier molecular flexibility index (Phi) is 6.37. The third-order valence-electron chi connectivity index (χ3n) is 3.68. The second-order valence-electron chi connectivity index (χ2n) is 5.72. The minimum atomic E-state index is -0.923. The number of hydrogen-bond donors (Lipinski definition) is 1. The number of carbonyl (C=O) groups is 2. The largest absolute Gasteiger partial charge is 0.449 e. The van der Waals surface area contributed by atoms with Crippen LogP contribution in [0.25, 0.3) is 6.08 Å². The zero-order valence-corrected chi connectivity index (χ0v) is 15.1. The lowest BCUT2D eigenvalue weighted by molar-refractivity contribution is -0.148. The van der Waals surface area contributed by atoms with E-state index in [0.717, 1.165) is 16.7 Å². The monoisotopic (exact) mass is 357 g/mol. The molecule has 2 aromatic rings. The molecule has 0 saturated heterocycles. The number of hydrogen-bond acceptors (Lipinski definition) is 3. The fourth-order valence-corrected chi connectivity index (χ4v) is 2.26. The average Bonchev–Trinajstić information content (AvgIpc) is 2.58. The van der Waals surface area contributed by atoms with Gasteiger partial charge in [0, 0.05) is 16.8 Å². The highest BCUT2D eigenvalue weighted by Crippen LogP contribution is 2.23. The Labute approximate surface area is 152 Å². The van der Waals surface area contributed by atoms with Gasteiger partial charge in [-0.2, -0.15) is 0 Å². The number of benzene rings is 2. The standard InChI is InChI=1S/C20H20ClNO3/c1-13-7-9-16(10-8-13)11-12-19(23)25-15(3)20(24)22-18-6-4-5-17(21)14(18)2/h4-12,15H,1-3H3,(H,22,24)/b12-11+/t15-/m0/s1. The van der Waals surface area contributed by atoms with E-state index in [1.807, 2.05) is 31.2 Å². The summed E-state index contributed by atoms with van der Waals surface area (Å²) in [5, 5.41) is 3.27. The van der Waals surface area contributed by atoms with Crippen LogP contribution in [0.3, 0.4) is 0 Å². The van der Waals surface area contributed by atoms with E-state index in [0.29, 0.717) is 10.7 Å². The van der Waals surface area contributed by atoms with Crippen LogP contribution < -0.4 is 5.32 Å². The fourth-order valence-electron chi connectivity index (χ4n) is 2.09. The lowest BCUT2D eigenvalue weighted by atomic mass is 10.1. The van der Waals surface area contributed by atoms with Gasteiger partial charge in [0.05, 0.1) is 0 Å². The van der Waals surface area contributed by atoms with Gasteiger partial charge in [-0.25, -0.2) is 4.79 Å². The molecule has 2 aromatic carbocycles. The van der Waals surface area contributed by atoms with Gasteiger partial charge in [0.25, 0.3) is 5.91 Å². The van der Waals surface area contributed by atoms with Crippen LogP contribution in [-0.2, 0) is 14.3 Å². The zero-order chi connectivity index (χ0) is 18.4. The van der Waals surface area contributed by atoms with Crippen LogP contribution in [0.5, 0.6) is 0 Å². The highest BCUT2D eigenvalue weighted by molar-refractivity contribution is 6.31. The van der Waals surface area contributed by atoms with E-state index in [1.165, 1.54) is 13.0 Å². The van der Waals surface area contributed by atoms with Crippen molar-refractivity contribution < 1.29 is 14.3 Å². The molecule has 1 amide bonds. The highest BCUT2D eigenvalue weighted by Gasteiger charge is 2.17. The smallest absolute Gasteiger partial charge is 0.331 e. The van der Waals surface area contributed by atoms with E-state index in [4.69, 9.17) is 16.3 Å². The predicted octanol–water partition coefficient (Wildman–Crippen LogP) is 4.54. The Morgan fingerprint density at radius 2 is 1.80 bits per heavy atom. The van der Waals surface area contributed by atoms with Crippen molar-refractivity contribution in [2.75, 3.05) is 5.32 Å². The van der Waals surface area contributed by atoms with Crippen LogP contribution in [0.1, 0.15) is 23.6 Å². The number of carbonyl (C=O) groups excluding carboxylic acids is 2. The van der Waals surface area contributed by atoms with Crippen molar-refractivity contribution >= 4 is 35.2 Å². The lowest BCUT2D eigenvalue weighted by Crippen LogP contribution is -2.29. The van der Waals surface area contributed by atoms with Crippen molar-refractivity contribution in [3.63, 3.8) is 0 Å². The van der Waals surface area contributed by atoms with Crippen LogP contribution in [0.2, 0.25) is 5.02 Å². The fraction of sp³-hybridized carbons (Fsp3) is 0.200. The Balaban J connectivity index is 1.92. The van der Waals surface area contributed by atoms with Crippen molar-refractivity contribution in [3.8, 4) is 0 Å². The number of nitrogens with one attached hydrogen (secondary N) is 1. The number of anilines is 1. The van der Waals surface area contributed by atoms with Crippen molar-refractivity contribution in [2.24, 2.45) is 0 Å². The quantitative estimate of drug-likeness (QED) is 0.631. The van der Waals surface area contributed by atoms with E-state index in [9.17, 15) is 9.59 Å². The maximum absolute atomic E-state index is 12.2. The first-order valence-electron chi connectivity index (χ1n) is 7.88. The van der Waals surface area contributed by atoms with Gasteiger partial charge in [0.15, 0.2) is 6.10 Å². The van der Waals surface area contributed by atoms with Crippen LogP contribution in [-0.4, -0.2) is 18.0 Å². The van der Waals surface area contributed by atoms with E-state index in [1.54, 1.807) is 31.2 Å². The maximum atomic E-state index is 12.2. The first-order valence-corrected chi connectivity index (χ1v) is 8.26. The van der Waals surface area contributed by atoms with Crippen molar-refractivity contribution in [2.45, 2.75) is 26.9 Å². The Hall–Kier alpha value is -2.59. The molecule has 0 fully saturated rings. The number of aryl methyl sites for hydroxylation is 1. The van der Waals surface area contributed by atoms with Gasteiger partial charge in [-0.1, -0.05) is 47.5 Å². The first kappa shape index (κ1) is 18.7. The summed E-state index contributed by atoms with van der Waals surface area (Å²) in [4.78, 5) is 24.0. The number of esters is 1. The number of halogens is 1. The number of amides is 1. The molecule has 1 atom stereocenters. The van der Waals surface area contributed by atoms with Crippen molar-refractivity contribution in [3.05, 3.63) is 70.3 Å². The Bertz CT molecular complexity index is 797. The first-order chi connectivity index (χ1) is 11.9. The molecule has 0 spiro atoms. The van der Waals surface area contributed by atoms with Crippen LogP contribution >= 0.6 is 11.6 Å². The normalized spacial score (nSPS) is 12.0. The van der Waals surface area contributed by atoms with Crippen molar-refractivity contribution in [1.29, 1.82) is 0 Å². The van der Waals surface area contributed by atoms with Gasteiger partial charge < -0.3 is 10.1 Å². The number of ether oxygens (including phenoxy) is 1. The van der Waals surface area contributed by atoms with E-state index >= 15 is 0 Å². The molecule has 0 aliphatic heterocycles. The van der Waals surface area contributed by atoms with Crippen molar-refractivity contribution in [1.82, 2.24) is 0 Å². The molecule has 0 bridgehead atoms. The molecular weight excluding hydrogens is 338 g/mol. The summed E-state index contributed by atoms with van der Waals surface area (Å²) in [6.07, 6.45) is 2.03. The molecule has 0 heterocycles. The summed E-state index contributed by atoms with van der Waals surface area (Å²) >= 11 is 6.02. The van der Waals surface area contributed by atoms with E-state index in [2.05, 4.69) is 5.32 Å². The maximum Gasteiger partial charge on any atom is 0.331 e. The summed E-state index contributed by atoms with van der Waals surface area (Å²) in [6, 6.07) is 12.9. The van der Waals surface area contributed by atoms with Gasteiger partial charge in [-0.15, -0.1) is 0 Å². The molecule has 4 nitrogen and oxygen atoms in total. The summed E-state index contributed by atoms with van der Waals surface area (Å²) in [5.41, 5.74) is 3.38. The Morgan fingerprint density at radius 1 is 1.12 bits per heavy atom. The van der Waals surface area contributed by atoms with Gasteiger partial charge in [-0.3, -0.25) is 4.79 Å². The summed E-state index contributed by atoms with van der Waals surface area (Å²) < 4.78 is 5.13. The lowest BCUT2D eigenvalue weighted by Gasteiger charge is -2.14. The topological polar surface area (TPSA) is 55.4 Å². The third kappa shape index (κ3) is 5.47. The minimum Gasteiger partial charge on any atom is -0.449 e. The second-order valence-corrected chi connectivity index (χ2v) is 6.13. The molecule has 1 N–H and O–H groups in total. The third-order valence-corrected chi connectivity index (χ3v) is 4.09. The Morgan fingerprint density at radius 3 is 2.48 bits per heavy atom. The van der Waals surface area contributed by atoms with Gasteiger partial charge >= 0.3 is 5.97 Å². The minimum absolute atomic E-state index is 0.414. The SMILES string of the molecule is Cc1ccc(/C=C/C(=O)O[C@@H](C)C(=O)Nc2cccc(Cl)c2C)cc1. The van der Waals surface area contributed by atoms with Gasteiger partial charge in [0.1, 0.15) is 0 Å². The molecule has 0 saturated carbocycles. The zero-order valence-electron chi connectivity index (χ0n) is 14.4. The molecular formula is C20H20ClNO3. The number of rotatable bonds is 5. The molecule has 2 rings (SSSR count). The molecule has 0 unspecified atom stereocenters. The van der Waals surface area contributed by atoms with Crippen LogP contribution in [0.4, 0.5) is 5.69 Å². The summed E-state index contributed by atoms with van der Waals surface area (Å²) in [6.45, 7) is 5.31. The van der Waals surface area contributed by atoms with Crippen LogP contribution in [0.15, 0.2) is 48.5 Å². The predicted molar refractivity (Wildman–Crippen MR) is 101 cm³/mol. The highest BCUT2D eigenvalue weighted by atomic mass is 35.5. The van der Waals surface area contributed by atoms with Gasteiger partial charge in [0.2, 0.25) is 0 Å². The van der Waals surface area contributed by atoms with E-state index < -0.39 is 18.0 Å². The van der Waals surface area contributed by atoms with E-state index in [-0.39, 0.29) is 0 Å². The van der Waals surface area contributed by atoms with Crippen LogP contribution in [0, 0.1) is 13.8 Å². The molecule has 5 heteroatoms. The molecule has 130 valence electrons. The molecule has 0 radical (unpaired) electrons. The summed E-state index contributed by atoms with van der Waals surface area (Å²) in [5.74, 6) is -0.992. The second kappa shape index (κ2) is 8.49. The molecule has 0 aliphatic carbocycles. The van der Waals surface area contributed by atoms with Gasteiger partial charge in [-0.05, 0) is 50.1 Å². The molecule has 25 heavy (non-hydrogen) atoms. The molecule has 0 aliphatic rings.